The summed E-state index contributed by atoms with van der Waals surface area (Å²) in [6, 6.07) is 0. The molecule has 1 rings (SSSR count). The maximum atomic E-state index is 12.4. The van der Waals surface area contributed by atoms with E-state index in [0.29, 0.717) is 0 Å². The van der Waals surface area contributed by atoms with Crippen LogP contribution in [0.1, 0.15) is 12.0 Å². The molecule has 4 nitrogen and oxygen atoms in total. The van der Waals surface area contributed by atoms with Gasteiger partial charge in [-0.05, 0) is 15.9 Å². The fraction of sp³-hybridized carbons (Fsp3) is 0.167. The van der Waals surface area contributed by atoms with Crippen LogP contribution >= 0.6 is 27.5 Å². The highest BCUT2D eigenvalue weighted by molar-refractivity contribution is 9.10. The number of halogens is 4. The lowest BCUT2D eigenvalue weighted by atomic mass is 10.2. The zero-order chi connectivity index (χ0) is 10.9. The molecule has 0 radical (unpaired) electrons. The largest absolute Gasteiger partial charge is 0.316 e. The van der Waals surface area contributed by atoms with Crippen LogP contribution in [0.5, 0.6) is 0 Å². The molecule has 0 bridgehead atoms. The maximum Gasteiger partial charge on any atom is 0.316 e. The smallest absolute Gasteiger partial charge is 0.258 e. The molecule has 0 saturated carbocycles. The van der Waals surface area contributed by atoms with Crippen LogP contribution in [0.4, 0.5) is 14.5 Å². The van der Waals surface area contributed by atoms with Crippen LogP contribution in [0, 0.1) is 10.1 Å². The molecule has 0 N–H and O–H groups in total. The van der Waals surface area contributed by atoms with Gasteiger partial charge in [-0.2, -0.15) is 0 Å². The summed E-state index contributed by atoms with van der Waals surface area (Å²) >= 11 is 8.08. The highest BCUT2D eigenvalue weighted by Gasteiger charge is 2.28. The SMILES string of the molecule is O=[N+]([O-])c1c(Cl)ncc(Br)c1C(F)F. The van der Waals surface area contributed by atoms with E-state index < -0.39 is 27.8 Å². The molecule has 14 heavy (non-hydrogen) atoms. The maximum absolute atomic E-state index is 12.4. The first-order valence-electron chi connectivity index (χ1n) is 3.21. The van der Waals surface area contributed by atoms with Crippen molar-refractivity contribution in [1.82, 2.24) is 4.98 Å². The van der Waals surface area contributed by atoms with Crippen LogP contribution in [0.2, 0.25) is 5.15 Å². The van der Waals surface area contributed by atoms with Crippen molar-refractivity contribution in [2.45, 2.75) is 6.43 Å². The Labute approximate surface area is 90.2 Å². The molecule has 1 aromatic heterocycles. The topological polar surface area (TPSA) is 56.0 Å². The average Bonchev–Trinajstić information content (AvgIpc) is 2.07. The van der Waals surface area contributed by atoms with E-state index in [-0.39, 0.29) is 4.47 Å². The van der Waals surface area contributed by atoms with Gasteiger partial charge in [-0.1, -0.05) is 11.6 Å². The van der Waals surface area contributed by atoms with Crippen molar-refractivity contribution in [3.8, 4) is 0 Å². The minimum Gasteiger partial charge on any atom is -0.258 e. The summed E-state index contributed by atoms with van der Waals surface area (Å²) in [5, 5.41) is 9.88. The van der Waals surface area contributed by atoms with Crippen LogP contribution in [0.15, 0.2) is 10.7 Å². The summed E-state index contributed by atoms with van der Waals surface area (Å²) in [5.74, 6) is 0. The first-order valence-corrected chi connectivity index (χ1v) is 4.38. The van der Waals surface area contributed by atoms with E-state index in [9.17, 15) is 18.9 Å². The van der Waals surface area contributed by atoms with Gasteiger partial charge in [0.1, 0.15) is 5.56 Å². The Morgan fingerprint density at radius 2 is 2.21 bits per heavy atom. The molecule has 0 aromatic carbocycles. The molecule has 0 fully saturated rings. The van der Waals surface area contributed by atoms with E-state index in [1.54, 1.807) is 0 Å². The van der Waals surface area contributed by atoms with Crippen LogP contribution in [-0.2, 0) is 0 Å². The molecule has 0 aliphatic heterocycles. The standard InChI is InChI=1S/C6H2BrClF2N2O2/c7-2-1-11-5(8)4(12(13)14)3(2)6(9)10/h1,6H. The molecule has 1 heterocycles. The second kappa shape index (κ2) is 4.14. The van der Waals surface area contributed by atoms with Crippen LogP contribution < -0.4 is 0 Å². The van der Waals surface area contributed by atoms with Crippen LogP contribution in [-0.4, -0.2) is 9.91 Å². The summed E-state index contributed by atoms with van der Waals surface area (Å²) in [7, 11) is 0. The van der Waals surface area contributed by atoms with Gasteiger partial charge in [0.05, 0.1) is 9.40 Å². The molecule has 0 saturated heterocycles. The minimum atomic E-state index is -2.98. The third-order valence-electron chi connectivity index (χ3n) is 1.40. The van der Waals surface area contributed by atoms with Gasteiger partial charge in [0, 0.05) is 6.20 Å². The molecule has 1 aromatic rings. The van der Waals surface area contributed by atoms with Crippen molar-refractivity contribution < 1.29 is 13.7 Å². The first kappa shape index (κ1) is 11.3. The average molecular weight is 287 g/mol. The quantitative estimate of drug-likeness (QED) is 0.476. The molecule has 0 aliphatic rings. The van der Waals surface area contributed by atoms with E-state index in [4.69, 9.17) is 11.6 Å². The zero-order valence-electron chi connectivity index (χ0n) is 6.38. The van der Waals surface area contributed by atoms with E-state index in [1.165, 1.54) is 0 Å². The van der Waals surface area contributed by atoms with Gasteiger partial charge in [0.15, 0.2) is 0 Å². The number of hydrogen-bond donors (Lipinski definition) is 0. The van der Waals surface area contributed by atoms with Crippen LogP contribution in [0.3, 0.4) is 0 Å². The lowest BCUT2D eigenvalue weighted by molar-refractivity contribution is -0.386. The van der Waals surface area contributed by atoms with Crippen molar-refractivity contribution in [2.75, 3.05) is 0 Å². The Balaban J connectivity index is 3.50. The summed E-state index contributed by atoms with van der Waals surface area (Å²) < 4.78 is 24.7. The second-order valence-corrected chi connectivity index (χ2v) is 3.43. The molecule has 0 atom stereocenters. The molecule has 0 spiro atoms. The highest BCUT2D eigenvalue weighted by atomic mass is 79.9. The zero-order valence-corrected chi connectivity index (χ0v) is 8.72. The first-order chi connectivity index (χ1) is 6.45. The van der Waals surface area contributed by atoms with E-state index in [0.717, 1.165) is 6.20 Å². The highest BCUT2D eigenvalue weighted by Crippen LogP contribution is 2.38. The molecule has 0 unspecified atom stereocenters. The Bertz CT molecular complexity index is 388. The molecule has 0 amide bonds. The van der Waals surface area contributed by atoms with Crippen molar-refractivity contribution >= 4 is 33.2 Å². The van der Waals surface area contributed by atoms with Gasteiger partial charge >= 0.3 is 5.69 Å². The number of rotatable bonds is 2. The van der Waals surface area contributed by atoms with Gasteiger partial charge < -0.3 is 0 Å². The minimum absolute atomic E-state index is 0.136. The summed E-state index contributed by atoms with van der Waals surface area (Å²) in [4.78, 5) is 12.8. The van der Waals surface area contributed by atoms with E-state index in [2.05, 4.69) is 20.9 Å². The van der Waals surface area contributed by atoms with Crippen molar-refractivity contribution in [3.05, 3.63) is 31.5 Å². The Kier molecular flexibility index (Phi) is 3.33. The predicted octanol–water partition coefficient (Wildman–Crippen LogP) is 3.34. The molecular formula is C6H2BrClF2N2O2. The van der Waals surface area contributed by atoms with Crippen molar-refractivity contribution in [2.24, 2.45) is 0 Å². The Morgan fingerprint density at radius 3 is 2.57 bits per heavy atom. The molecule has 76 valence electrons. The summed E-state index contributed by atoms with van der Waals surface area (Å²) in [6.45, 7) is 0. The van der Waals surface area contributed by atoms with Gasteiger partial charge in [-0.15, -0.1) is 0 Å². The van der Waals surface area contributed by atoms with Crippen molar-refractivity contribution in [1.29, 1.82) is 0 Å². The normalized spacial score (nSPS) is 10.6. The van der Waals surface area contributed by atoms with Gasteiger partial charge in [0.2, 0.25) is 5.15 Å². The fourth-order valence-electron chi connectivity index (χ4n) is 0.850. The number of hydrogen-bond acceptors (Lipinski definition) is 3. The number of nitrogens with zero attached hydrogens (tertiary/aromatic N) is 2. The van der Waals surface area contributed by atoms with Crippen LogP contribution in [0.25, 0.3) is 0 Å². The van der Waals surface area contributed by atoms with Gasteiger partial charge in [0.25, 0.3) is 6.43 Å². The number of aromatic nitrogens is 1. The number of pyridine rings is 1. The van der Waals surface area contributed by atoms with E-state index in [1.807, 2.05) is 0 Å². The predicted molar refractivity (Wildman–Crippen MR) is 48.6 cm³/mol. The third-order valence-corrected chi connectivity index (χ3v) is 2.31. The Morgan fingerprint density at radius 1 is 1.64 bits per heavy atom. The summed E-state index contributed by atoms with van der Waals surface area (Å²) in [5.41, 5.74) is -1.62. The summed E-state index contributed by atoms with van der Waals surface area (Å²) in [6.07, 6.45) is -1.98. The van der Waals surface area contributed by atoms with Gasteiger partial charge in [-0.3, -0.25) is 10.1 Å². The Hall–Kier alpha value is -0.820. The lowest BCUT2D eigenvalue weighted by Gasteiger charge is -2.04. The second-order valence-electron chi connectivity index (χ2n) is 2.22. The fourth-order valence-corrected chi connectivity index (χ4v) is 1.53. The van der Waals surface area contributed by atoms with Crippen molar-refractivity contribution in [3.63, 3.8) is 0 Å². The molecule has 8 heteroatoms. The van der Waals surface area contributed by atoms with E-state index >= 15 is 0 Å². The molecular weight excluding hydrogens is 285 g/mol. The van der Waals surface area contributed by atoms with Gasteiger partial charge in [-0.25, -0.2) is 13.8 Å². The lowest BCUT2D eigenvalue weighted by Crippen LogP contribution is -1.99. The molecule has 0 aliphatic carbocycles. The number of alkyl halides is 2. The monoisotopic (exact) mass is 286 g/mol. The number of nitro groups is 1. The third kappa shape index (κ3) is 1.98.